The number of amides is 1. The molecule has 5 nitrogen and oxygen atoms in total. The summed E-state index contributed by atoms with van der Waals surface area (Å²) in [6.07, 6.45) is 0. The van der Waals surface area contributed by atoms with Crippen molar-refractivity contribution in [3.05, 3.63) is 41.0 Å². The fraction of sp³-hybridized carbons (Fsp3) is 0.438. The van der Waals surface area contributed by atoms with E-state index in [2.05, 4.69) is 21.2 Å². The van der Waals surface area contributed by atoms with Crippen molar-refractivity contribution in [3.8, 4) is 0 Å². The average Bonchev–Trinajstić information content (AvgIpc) is 2.85. The second-order valence-corrected chi connectivity index (χ2v) is 6.47. The molecule has 0 unspecified atom stereocenters. The topological polar surface area (TPSA) is 61.9 Å². The largest absolute Gasteiger partial charge is 0.309 e. The maximum atomic E-state index is 12.5. The Morgan fingerprint density at radius 2 is 1.71 bits per heavy atom. The number of rotatable bonds is 2. The molecule has 1 heterocycles. The number of aromatic nitrogens is 3. The fourth-order valence-electron chi connectivity index (χ4n) is 2.10. The van der Waals surface area contributed by atoms with Crippen LogP contribution in [0, 0.1) is 13.8 Å². The first-order valence-electron chi connectivity index (χ1n) is 6.98. The number of hydrogen-bond donors (Lipinski definition) is 1. The van der Waals surface area contributed by atoms with Crippen molar-refractivity contribution in [2.75, 3.05) is 11.9 Å². The molecule has 2 aromatic rings. The number of carbonyl (C=O) groups is 1. The molecular weight excluding hydrogens is 264 g/mol. The van der Waals surface area contributed by atoms with Gasteiger partial charge in [0.15, 0.2) is 0 Å². The second-order valence-electron chi connectivity index (χ2n) is 6.47. The molecule has 112 valence electrons. The average molecular weight is 286 g/mol. The van der Waals surface area contributed by atoms with E-state index in [0.29, 0.717) is 5.82 Å². The molecule has 1 N–H and O–H groups in total. The van der Waals surface area contributed by atoms with Crippen molar-refractivity contribution in [1.82, 2.24) is 15.2 Å². The Balaban J connectivity index is 2.29. The number of aryl methyl sites for hydroxylation is 2. The van der Waals surface area contributed by atoms with Crippen LogP contribution >= 0.6 is 0 Å². The van der Waals surface area contributed by atoms with Gasteiger partial charge in [0, 0.05) is 18.2 Å². The van der Waals surface area contributed by atoms with Crippen molar-refractivity contribution in [3.63, 3.8) is 0 Å². The van der Waals surface area contributed by atoms with Crippen LogP contribution in [-0.4, -0.2) is 28.1 Å². The first-order chi connectivity index (χ1) is 9.68. The van der Waals surface area contributed by atoms with Crippen LogP contribution in [0.3, 0.4) is 0 Å². The first kappa shape index (κ1) is 15.2. The Hall–Kier alpha value is -2.17. The van der Waals surface area contributed by atoms with Gasteiger partial charge in [-0.05, 0) is 37.1 Å². The van der Waals surface area contributed by atoms with Crippen LogP contribution in [0.1, 0.15) is 48.3 Å². The van der Waals surface area contributed by atoms with Gasteiger partial charge >= 0.3 is 0 Å². The van der Waals surface area contributed by atoms with Gasteiger partial charge in [0.2, 0.25) is 5.82 Å². The van der Waals surface area contributed by atoms with Crippen LogP contribution in [0.4, 0.5) is 5.69 Å². The van der Waals surface area contributed by atoms with Gasteiger partial charge in [-0.3, -0.25) is 9.89 Å². The van der Waals surface area contributed by atoms with Crippen molar-refractivity contribution in [2.24, 2.45) is 0 Å². The number of H-pyrrole nitrogens is 1. The molecule has 0 saturated carbocycles. The molecule has 0 saturated heterocycles. The second kappa shape index (κ2) is 5.31. The molecule has 21 heavy (non-hydrogen) atoms. The van der Waals surface area contributed by atoms with E-state index in [1.54, 1.807) is 11.9 Å². The molecule has 5 heteroatoms. The van der Waals surface area contributed by atoms with E-state index < -0.39 is 0 Å². The maximum absolute atomic E-state index is 12.5. The molecule has 1 amide bonds. The van der Waals surface area contributed by atoms with Gasteiger partial charge in [0.05, 0.1) is 0 Å². The van der Waals surface area contributed by atoms with E-state index in [4.69, 9.17) is 0 Å². The summed E-state index contributed by atoms with van der Waals surface area (Å²) in [6, 6.07) is 6.02. The lowest BCUT2D eigenvalue weighted by Gasteiger charge is -2.17. The van der Waals surface area contributed by atoms with Crippen LogP contribution in [-0.2, 0) is 5.41 Å². The van der Waals surface area contributed by atoms with E-state index in [1.165, 1.54) is 0 Å². The predicted molar refractivity (Wildman–Crippen MR) is 83.7 cm³/mol. The minimum atomic E-state index is -0.216. The molecular formula is C16H22N4O. The Morgan fingerprint density at radius 3 is 2.19 bits per heavy atom. The van der Waals surface area contributed by atoms with Crippen molar-refractivity contribution < 1.29 is 4.79 Å². The highest BCUT2D eigenvalue weighted by molar-refractivity contribution is 6.03. The summed E-state index contributed by atoms with van der Waals surface area (Å²) in [5.74, 6) is 0.688. The predicted octanol–water partition coefficient (Wildman–Crippen LogP) is 3.00. The zero-order chi connectivity index (χ0) is 15.8. The summed E-state index contributed by atoms with van der Waals surface area (Å²) < 4.78 is 0. The number of carbonyl (C=O) groups excluding carboxylic acids is 1. The summed E-state index contributed by atoms with van der Waals surface area (Å²) in [4.78, 5) is 18.4. The summed E-state index contributed by atoms with van der Waals surface area (Å²) in [5.41, 5.74) is 2.92. The van der Waals surface area contributed by atoms with E-state index in [-0.39, 0.29) is 17.1 Å². The van der Waals surface area contributed by atoms with Crippen molar-refractivity contribution >= 4 is 11.6 Å². The van der Waals surface area contributed by atoms with Gasteiger partial charge in [-0.25, -0.2) is 4.98 Å². The SMILES string of the molecule is Cc1cc(C)cc(N(C)C(=O)c2n[nH]c(C(C)(C)C)n2)c1. The zero-order valence-corrected chi connectivity index (χ0v) is 13.5. The maximum Gasteiger partial charge on any atom is 0.297 e. The smallest absolute Gasteiger partial charge is 0.297 e. The van der Waals surface area contributed by atoms with Crippen molar-refractivity contribution in [2.45, 2.75) is 40.0 Å². The Kier molecular flexibility index (Phi) is 3.85. The molecule has 1 aromatic heterocycles. The van der Waals surface area contributed by atoms with Crippen LogP contribution < -0.4 is 4.90 Å². The number of aromatic amines is 1. The van der Waals surface area contributed by atoms with E-state index in [9.17, 15) is 4.79 Å². The van der Waals surface area contributed by atoms with Crippen LogP contribution in [0.25, 0.3) is 0 Å². The Labute approximate surface area is 125 Å². The van der Waals surface area contributed by atoms with Crippen LogP contribution in [0.2, 0.25) is 0 Å². The summed E-state index contributed by atoms with van der Waals surface area (Å²) in [7, 11) is 1.74. The van der Waals surface area contributed by atoms with Gasteiger partial charge in [-0.1, -0.05) is 26.8 Å². The van der Waals surface area contributed by atoms with E-state index in [1.807, 2.05) is 46.8 Å². The molecule has 0 atom stereocenters. The number of nitrogens with one attached hydrogen (secondary N) is 1. The quantitative estimate of drug-likeness (QED) is 0.923. The third-order valence-electron chi connectivity index (χ3n) is 3.29. The third kappa shape index (κ3) is 3.29. The zero-order valence-electron chi connectivity index (χ0n) is 13.5. The molecule has 0 bridgehead atoms. The monoisotopic (exact) mass is 286 g/mol. The highest BCUT2D eigenvalue weighted by atomic mass is 16.2. The minimum absolute atomic E-state index is 0.163. The van der Waals surface area contributed by atoms with E-state index >= 15 is 0 Å². The summed E-state index contributed by atoms with van der Waals surface area (Å²) >= 11 is 0. The lowest BCUT2D eigenvalue weighted by molar-refractivity contribution is 0.0983. The lowest BCUT2D eigenvalue weighted by Crippen LogP contribution is -2.27. The van der Waals surface area contributed by atoms with Gasteiger partial charge in [-0.15, -0.1) is 5.10 Å². The van der Waals surface area contributed by atoms with Gasteiger partial charge in [0.1, 0.15) is 5.82 Å². The first-order valence-corrected chi connectivity index (χ1v) is 6.98. The van der Waals surface area contributed by atoms with E-state index in [0.717, 1.165) is 16.8 Å². The normalized spacial score (nSPS) is 11.5. The number of nitrogens with zero attached hydrogens (tertiary/aromatic N) is 3. The highest BCUT2D eigenvalue weighted by Gasteiger charge is 2.23. The lowest BCUT2D eigenvalue weighted by atomic mass is 9.96. The molecule has 0 radical (unpaired) electrons. The molecule has 1 aromatic carbocycles. The molecule has 2 rings (SSSR count). The summed E-state index contributed by atoms with van der Waals surface area (Å²) in [5, 5.41) is 6.89. The van der Waals surface area contributed by atoms with Crippen molar-refractivity contribution in [1.29, 1.82) is 0 Å². The standard InChI is InChI=1S/C16H22N4O/c1-10-7-11(2)9-12(8-10)20(6)14(21)13-17-15(19-18-13)16(3,4)5/h7-9H,1-6H3,(H,17,18,19). The third-order valence-corrected chi connectivity index (χ3v) is 3.29. The van der Waals surface area contributed by atoms with Crippen LogP contribution in [0.15, 0.2) is 18.2 Å². The van der Waals surface area contributed by atoms with Gasteiger partial charge in [-0.2, -0.15) is 0 Å². The van der Waals surface area contributed by atoms with Gasteiger partial charge < -0.3 is 4.90 Å². The Morgan fingerprint density at radius 1 is 1.14 bits per heavy atom. The Bertz CT molecular complexity index is 647. The van der Waals surface area contributed by atoms with Crippen LogP contribution in [0.5, 0.6) is 0 Å². The molecule has 0 aliphatic rings. The molecule has 0 aliphatic carbocycles. The van der Waals surface area contributed by atoms with Gasteiger partial charge in [0.25, 0.3) is 5.91 Å². The molecule has 0 fully saturated rings. The number of benzene rings is 1. The summed E-state index contributed by atoms with van der Waals surface area (Å²) in [6.45, 7) is 10.1. The molecule has 0 aliphatic heterocycles. The molecule has 0 spiro atoms. The highest BCUT2D eigenvalue weighted by Crippen LogP contribution is 2.20. The number of anilines is 1. The fourth-order valence-corrected chi connectivity index (χ4v) is 2.10. The minimum Gasteiger partial charge on any atom is -0.309 e. The number of hydrogen-bond acceptors (Lipinski definition) is 3.